The van der Waals surface area contributed by atoms with Crippen LogP contribution in [0.4, 0.5) is 0 Å². The Labute approximate surface area is 130 Å². The number of rotatable bonds is 3. The Morgan fingerprint density at radius 1 is 1.38 bits per heavy atom. The fraction of sp³-hybridized carbons (Fsp3) is 0.533. The molecule has 6 heteroatoms. The summed E-state index contributed by atoms with van der Waals surface area (Å²) in [6.07, 6.45) is 1.40. The van der Waals surface area contributed by atoms with Crippen LogP contribution in [0.25, 0.3) is 0 Å². The average molecular weight is 313 g/mol. The van der Waals surface area contributed by atoms with Crippen LogP contribution < -0.4 is 15.2 Å². The van der Waals surface area contributed by atoms with Crippen LogP contribution >= 0.6 is 12.4 Å². The van der Waals surface area contributed by atoms with Gasteiger partial charge in [0, 0.05) is 12.6 Å². The van der Waals surface area contributed by atoms with Crippen molar-refractivity contribution in [2.45, 2.75) is 25.8 Å². The van der Waals surface area contributed by atoms with E-state index in [1.807, 2.05) is 23.1 Å². The molecular formula is C15H21ClN2O3. The second kappa shape index (κ2) is 6.54. The molecule has 1 amide bonds. The summed E-state index contributed by atoms with van der Waals surface area (Å²) >= 11 is 0. The molecule has 1 aromatic rings. The molecular weight excluding hydrogens is 292 g/mol. The largest absolute Gasteiger partial charge is 0.454 e. The maximum absolute atomic E-state index is 12.4. The molecule has 0 aromatic heterocycles. The number of likely N-dealkylation sites (tertiary alicyclic amines) is 1. The zero-order valence-corrected chi connectivity index (χ0v) is 12.9. The minimum Gasteiger partial charge on any atom is -0.454 e. The van der Waals surface area contributed by atoms with E-state index in [2.05, 4.69) is 6.92 Å². The maximum atomic E-state index is 12.4. The maximum Gasteiger partial charge on any atom is 0.231 e. The van der Waals surface area contributed by atoms with Gasteiger partial charge in [0.15, 0.2) is 11.5 Å². The lowest BCUT2D eigenvalue weighted by atomic mass is 10.1. The van der Waals surface area contributed by atoms with Gasteiger partial charge in [-0.2, -0.15) is 0 Å². The highest BCUT2D eigenvalue weighted by Gasteiger charge is 2.31. The number of carbonyl (C=O) groups excluding carboxylic acids is 1. The smallest absolute Gasteiger partial charge is 0.231 e. The van der Waals surface area contributed by atoms with E-state index in [9.17, 15) is 4.79 Å². The predicted octanol–water partition coefficient (Wildman–Crippen LogP) is 1.58. The number of benzene rings is 1. The Bertz CT molecular complexity index is 524. The molecule has 5 nitrogen and oxygen atoms in total. The molecule has 0 radical (unpaired) electrons. The van der Waals surface area contributed by atoms with Crippen molar-refractivity contribution in [2.75, 3.05) is 19.9 Å². The van der Waals surface area contributed by atoms with Gasteiger partial charge < -0.3 is 20.1 Å². The lowest BCUT2D eigenvalue weighted by Gasteiger charge is -2.21. The monoisotopic (exact) mass is 312 g/mol. The van der Waals surface area contributed by atoms with Crippen molar-refractivity contribution in [1.82, 2.24) is 4.90 Å². The quantitative estimate of drug-likeness (QED) is 0.920. The molecule has 0 spiro atoms. The molecule has 3 rings (SSSR count). The lowest BCUT2D eigenvalue weighted by Crippen LogP contribution is -2.35. The molecule has 2 atom stereocenters. The second-order valence-corrected chi connectivity index (χ2v) is 5.60. The van der Waals surface area contributed by atoms with Gasteiger partial charge in [-0.1, -0.05) is 6.07 Å². The Hall–Kier alpha value is -1.46. The van der Waals surface area contributed by atoms with Crippen LogP contribution in [0.15, 0.2) is 18.2 Å². The number of ether oxygens (including phenoxy) is 2. The summed E-state index contributed by atoms with van der Waals surface area (Å²) < 4.78 is 10.6. The first-order valence-electron chi connectivity index (χ1n) is 7.05. The zero-order chi connectivity index (χ0) is 14.1. The Morgan fingerprint density at radius 3 is 2.86 bits per heavy atom. The van der Waals surface area contributed by atoms with Crippen LogP contribution in [0.1, 0.15) is 18.9 Å². The molecule has 1 fully saturated rings. The standard InChI is InChI=1S/C15H20N2O3.ClH/c1-10-4-12(7-16)8-17(10)15(18)6-11-2-3-13-14(5-11)20-9-19-13;/h2-3,5,10,12H,4,6-9,16H2,1H3;1H. The van der Waals surface area contributed by atoms with Crippen molar-refractivity contribution in [1.29, 1.82) is 0 Å². The van der Waals surface area contributed by atoms with Gasteiger partial charge in [-0.15, -0.1) is 12.4 Å². The van der Waals surface area contributed by atoms with E-state index in [-0.39, 0.29) is 31.1 Å². The van der Waals surface area contributed by atoms with Crippen molar-refractivity contribution in [2.24, 2.45) is 11.7 Å². The highest BCUT2D eigenvalue weighted by molar-refractivity contribution is 5.85. The van der Waals surface area contributed by atoms with Crippen LogP contribution in [0, 0.1) is 5.92 Å². The van der Waals surface area contributed by atoms with Gasteiger partial charge in [-0.3, -0.25) is 4.79 Å². The summed E-state index contributed by atoms with van der Waals surface area (Å²) in [4.78, 5) is 14.3. The number of hydrogen-bond acceptors (Lipinski definition) is 4. The molecule has 116 valence electrons. The zero-order valence-electron chi connectivity index (χ0n) is 12.1. The van der Waals surface area contributed by atoms with Crippen molar-refractivity contribution < 1.29 is 14.3 Å². The second-order valence-electron chi connectivity index (χ2n) is 5.60. The van der Waals surface area contributed by atoms with Crippen molar-refractivity contribution >= 4 is 18.3 Å². The van der Waals surface area contributed by atoms with Crippen molar-refractivity contribution in [3.8, 4) is 11.5 Å². The summed E-state index contributed by atoms with van der Waals surface area (Å²) in [6.45, 7) is 3.78. The van der Waals surface area contributed by atoms with E-state index in [4.69, 9.17) is 15.2 Å². The molecule has 2 N–H and O–H groups in total. The van der Waals surface area contributed by atoms with E-state index in [1.54, 1.807) is 0 Å². The molecule has 2 heterocycles. The number of nitrogens with zero attached hydrogens (tertiary/aromatic N) is 1. The van der Waals surface area contributed by atoms with Gasteiger partial charge in [0.2, 0.25) is 12.7 Å². The topological polar surface area (TPSA) is 64.8 Å². The molecule has 2 aliphatic heterocycles. The summed E-state index contributed by atoms with van der Waals surface area (Å²) in [6, 6.07) is 5.96. The van der Waals surface area contributed by atoms with Gasteiger partial charge in [0.25, 0.3) is 0 Å². The molecule has 2 aliphatic rings. The minimum atomic E-state index is 0. The number of fused-ring (bicyclic) bond motifs is 1. The molecule has 0 bridgehead atoms. The first-order valence-corrected chi connectivity index (χ1v) is 7.05. The van der Waals surface area contributed by atoms with Gasteiger partial charge >= 0.3 is 0 Å². The molecule has 1 aromatic carbocycles. The van der Waals surface area contributed by atoms with E-state index in [0.29, 0.717) is 18.9 Å². The number of halogens is 1. The third-order valence-corrected chi connectivity index (χ3v) is 4.11. The summed E-state index contributed by atoms with van der Waals surface area (Å²) in [5.74, 6) is 2.07. The molecule has 0 saturated carbocycles. The van der Waals surface area contributed by atoms with Gasteiger partial charge in [-0.25, -0.2) is 0 Å². The number of nitrogens with two attached hydrogens (primary N) is 1. The Kier molecular flexibility index (Phi) is 4.96. The third-order valence-electron chi connectivity index (χ3n) is 4.11. The predicted molar refractivity (Wildman–Crippen MR) is 81.9 cm³/mol. The highest BCUT2D eigenvalue weighted by Crippen LogP contribution is 2.33. The summed E-state index contributed by atoms with van der Waals surface area (Å²) in [7, 11) is 0. The van der Waals surface area contributed by atoms with Gasteiger partial charge in [-0.05, 0) is 43.5 Å². The third kappa shape index (κ3) is 3.24. The van der Waals surface area contributed by atoms with Crippen molar-refractivity contribution in [3.63, 3.8) is 0 Å². The van der Waals surface area contributed by atoms with Gasteiger partial charge in [0.1, 0.15) is 0 Å². The Morgan fingerprint density at radius 2 is 2.14 bits per heavy atom. The van der Waals surface area contributed by atoms with E-state index in [0.717, 1.165) is 30.0 Å². The average Bonchev–Trinajstić information content (AvgIpc) is 3.04. The SMILES string of the molecule is CC1CC(CN)CN1C(=O)Cc1ccc2c(c1)OCO2.Cl. The minimum absolute atomic E-state index is 0. The van der Waals surface area contributed by atoms with Crippen LogP contribution in [-0.2, 0) is 11.2 Å². The highest BCUT2D eigenvalue weighted by atomic mass is 35.5. The van der Waals surface area contributed by atoms with Crippen LogP contribution in [-0.4, -0.2) is 36.7 Å². The van der Waals surface area contributed by atoms with Crippen LogP contribution in [0.2, 0.25) is 0 Å². The lowest BCUT2D eigenvalue weighted by molar-refractivity contribution is -0.131. The number of hydrogen-bond donors (Lipinski definition) is 1. The molecule has 2 unspecified atom stereocenters. The summed E-state index contributed by atoms with van der Waals surface area (Å²) in [5.41, 5.74) is 6.66. The molecule has 0 aliphatic carbocycles. The molecule has 21 heavy (non-hydrogen) atoms. The van der Waals surface area contributed by atoms with Crippen LogP contribution in [0.5, 0.6) is 11.5 Å². The van der Waals surface area contributed by atoms with Gasteiger partial charge in [0.05, 0.1) is 6.42 Å². The fourth-order valence-electron chi connectivity index (χ4n) is 2.99. The Balaban J connectivity index is 0.00000161. The first-order chi connectivity index (χ1) is 9.67. The van der Waals surface area contributed by atoms with E-state index >= 15 is 0 Å². The molecule has 1 saturated heterocycles. The number of carbonyl (C=O) groups is 1. The fourth-order valence-corrected chi connectivity index (χ4v) is 2.99. The van der Waals surface area contributed by atoms with E-state index in [1.165, 1.54) is 0 Å². The van der Waals surface area contributed by atoms with Crippen molar-refractivity contribution in [3.05, 3.63) is 23.8 Å². The first kappa shape index (κ1) is 15.9. The van der Waals surface area contributed by atoms with Crippen LogP contribution in [0.3, 0.4) is 0 Å². The normalized spacial score (nSPS) is 23.0. The summed E-state index contributed by atoms with van der Waals surface area (Å²) in [5, 5.41) is 0. The number of amides is 1. The van der Waals surface area contributed by atoms with E-state index < -0.39 is 0 Å².